The van der Waals surface area contributed by atoms with Gasteiger partial charge in [0, 0.05) is 43.9 Å². The standard InChI is InChI=1S/C54H36N2O/c1-3-17-37(18-4-1)38-33-35-40(36-34-38)55(48-28-12-8-22-42(48)44-25-15-26-45-43-23-10-14-32-52(43)57-54(44)45)50-30-16-31-51-53(50)46-24-9-13-29-49(46)56(51)47-27-11-7-21-41(47)39-19-5-2-6-20-39/h1-36H. The van der Waals surface area contributed by atoms with Crippen molar-refractivity contribution in [2.45, 2.75) is 0 Å². The number of furan rings is 1. The van der Waals surface area contributed by atoms with Gasteiger partial charge in [-0.1, -0.05) is 170 Å². The van der Waals surface area contributed by atoms with E-state index in [1.807, 2.05) is 6.07 Å². The molecule has 0 spiro atoms. The molecule has 3 nitrogen and oxygen atoms in total. The van der Waals surface area contributed by atoms with Crippen molar-refractivity contribution >= 4 is 60.8 Å². The first-order valence-corrected chi connectivity index (χ1v) is 19.4. The van der Waals surface area contributed by atoms with Gasteiger partial charge in [-0.25, -0.2) is 0 Å². The van der Waals surface area contributed by atoms with Crippen LogP contribution in [0, 0.1) is 0 Å². The molecule has 0 aliphatic carbocycles. The third kappa shape index (κ3) is 5.43. The molecule has 0 aliphatic rings. The average molecular weight is 729 g/mol. The number of fused-ring (bicyclic) bond motifs is 6. The van der Waals surface area contributed by atoms with Gasteiger partial charge in [0.15, 0.2) is 0 Å². The summed E-state index contributed by atoms with van der Waals surface area (Å²) in [6.07, 6.45) is 0. The summed E-state index contributed by atoms with van der Waals surface area (Å²) in [4.78, 5) is 2.44. The van der Waals surface area contributed by atoms with E-state index in [0.717, 1.165) is 66.8 Å². The Kier molecular flexibility index (Phi) is 7.82. The van der Waals surface area contributed by atoms with E-state index in [2.05, 4.69) is 222 Å². The van der Waals surface area contributed by atoms with Gasteiger partial charge in [-0.05, 0) is 65.2 Å². The van der Waals surface area contributed by atoms with E-state index in [-0.39, 0.29) is 0 Å². The molecule has 2 heterocycles. The minimum Gasteiger partial charge on any atom is -0.455 e. The molecule has 0 aliphatic heterocycles. The Morgan fingerprint density at radius 2 is 0.912 bits per heavy atom. The maximum Gasteiger partial charge on any atom is 0.143 e. The first-order chi connectivity index (χ1) is 28.3. The van der Waals surface area contributed by atoms with Crippen LogP contribution < -0.4 is 4.90 Å². The predicted octanol–water partition coefficient (Wildman–Crippen LogP) is 15.2. The fourth-order valence-corrected chi connectivity index (χ4v) is 8.67. The van der Waals surface area contributed by atoms with Crippen LogP contribution in [-0.2, 0) is 0 Å². The molecule has 9 aromatic carbocycles. The molecule has 0 saturated carbocycles. The predicted molar refractivity (Wildman–Crippen MR) is 239 cm³/mol. The number of para-hydroxylation sites is 5. The van der Waals surface area contributed by atoms with Crippen LogP contribution in [0.25, 0.3) is 82.8 Å². The number of hydrogen-bond donors (Lipinski definition) is 0. The summed E-state index contributed by atoms with van der Waals surface area (Å²) < 4.78 is 9.09. The molecular weight excluding hydrogens is 693 g/mol. The summed E-state index contributed by atoms with van der Waals surface area (Å²) >= 11 is 0. The van der Waals surface area contributed by atoms with E-state index < -0.39 is 0 Å². The minimum absolute atomic E-state index is 0.887. The largest absolute Gasteiger partial charge is 0.455 e. The SMILES string of the molecule is c1ccc(-c2ccc(N(c3ccccc3-c3cccc4c3oc3ccccc34)c3cccc4c3c3ccccc3n4-c3ccccc3-c3ccccc3)cc2)cc1. The highest BCUT2D eigenvalue weighted by atomic mass is 16.3. The average Bonchev–Trinajstić information content (AvgIpc) is 3.84. The summed E-state index contributed by atoms with van der Waals surface area (Å²) in [5, 5.41) is 4.60. The molecule has 0 atom stereocenters. The van der Waals surface area contributed by atoms with E-state index in [1.165, 1.54) is 33.0 Å². The Hall–Kier alpha value is -7.62. The van der Waals surface area contributed by atoms with Gasteiger partial charge in [-0.15, -0.1) is 0 Å². The van der Waals surface area contributed by atoms with Crippen molar-refractivity contribution in [1.82, 2.24) is 4.57 Å². The second-order valence-electron chi connectivity index (χ2n) is 14.5. The minimum atomic E-state index is 0.887. The zero-order chi connectivity index (χ0) is 37.7. The number of aromatic nitrogens is 1. The monoisotopic (exact) mass is 728 g/mol. The molecule has 57 heavy (non-hydrogen) atoms. The van der Waals surface area contributed by atoms with E-state index in [9.17, 15) is 0 Å². The van der Waals surface area contributed by atoms with E-state index >= 15 is 0 Å². The molecule has 11 aromatic rings. The zero-order valence-corrected chi connectivity index (χ0v) is 31.1. The summed E-state index contributed by atoms with van der Waals surface area (Å²) in [7, 11) is 0. The van der Waals surface area contributed by atoms with Crippen LogP contribution in [0.5, 0.6) is 0 Å². The smallest absolute Gasteiger partial charge is 0.143 e. The molecule has 2 aromatic heterocycles. The van der Waals surface area contributed by atoms with Crippen molar-refractivity contribution in [3.63, 3.8) is 0 Å². The highest BCUT2D eigenvalue weighted by Crippen LogP contribution is 2.48. The number of nitrogens with zero attached hydrogens (tertiary/aromatic N) is 2. The molecule has 0 unspecified atom stereocenters. The van der Waals surface area contributed by atoms with Gasteiger partial charge in [0.2, 0.25) is 0 Å². The van der Waals surface area contributed by atoms with Gasteiger partial charge < -0.3 is 13.9 Å². The van der Waals surface area contributed by atoms with Gasteiger partial charge in [-0.2, -0.15) is 0 Å². The third-order valence-corrected chi connectivity index (χ3v) is 11.2. The highest BCUT2D eigenvalue weighted by molar-refractivity contribution is 6.18. The first-order valence-electron chi connectivity index (χ1n) is 19.4. The molecule has 0 fully saturated rings. The van der Waals surface area contributed by atoms with E-state index in [1.54, 1.807) is 0 Å². The van der Waals surface area contributed by atoms with Crippen molar-refractivity contribution < 1.29 is 4.42 Å². The summed E-state index contributed by atoms with van der Waals surface area (Å²) in [5.74, 6) is 0. The fourth-order valence-electron chi connectivity index (χ4n) is 8.67. The Morgan fingerprint density at radius 1 is 0.351 bits per heavy atom. The lowest BCUT2D eigenvalue weighted by Crippen LogP contribution is -2.11. The van der Waals surface area contributed by atoms with Crippen molar-refractivity contribution in [1.29, 1.82) is 0 Å². The quantitative estimate of drug-likeness (QED) is 0.163. The fraction of sp³-hybridized carbons (Fsp3) is 0. The summed E-state index contributed by atoms with van der Waals surface area (Å²) in [6, 6.07) is 78.1. The van der Waals surface area contributed by atoms with Crippen LogP contribution >= 0.6 is 0 Å². The van der Waals surface area contributed by atoms with Crippen molar-refractivity contribution in [2.24, 2.45) is 0 Å². The van der Waals surface area contributed by atoms with Crippen molar-refractivity contribution in [2.75, 3.05) is 4.90 Å². The molecule has 0 amide bonds. The van der Waals surface area contributed by atoms with E-state index in [4.69, 9.17) is 4.42 Å². The maximum absolute atomic E-state index is 6.65. The molecule has 268 valence electrons. The lowest BCUT2D eigenvalue weighted by atomic mass is 9.98. The summed E-state index contributed by atoms with van der Waals surface area (Å²) in [5.41, 5.74) is 15.3. The number of rotatable bonds is 7. The Morgan fingerprint density at radius 3 is 1.74 bits per heavy atom. The number of anilines is 3. The second kappa shape index (κ2) is 13.6. The summed E-state index contributed by atoms with van der Waals surface area (Å²) in [6.45, 7) is 0. The molecule has 11 rings (SSSR count). The molecule has 0 saturated heterocycles. The van der Waals surface area contributed by atoms with Crippen LogP contribution in [0.15, 0.2) is 223 Å². The van der Waals surface area contributed by atoms with Gasteiger partial charge >= 0.3 is 0 Å². The normalized spacial score (nSPS) is 11.5. The molecule has 0 radical (unpaired) electrons. The molecule has 3 heteroatoms. The van der Waals surface area contributed by atoms with Crippen LogP contribution in [0.3, 0.4) is 0 Å². The van der Waals surface area contributed by atoms with Gasteiger partial charge in [-0.3, -0.25) is 0 Å². The Bertz CT molecular complexity index is 3230. The second-order valence-corrected chi connectivity index (χ2v) is 14.5. The van der Waals surface area contributed by atoms with Gasteiger partial charge in [0.25, 0.3) is 0 Å². The Balaban J connectivity index is 1.19. The number of hydrogen-bond acceptors (Lipinski definition) is 2. The van der Waals surface area contributed by atoms with Crippen LogP contribution in [-0.4, -0.2) is 4.57 Å². The lowest BCUT2D eigenvalue weighted by Gasteiger charge is -2.29. The van der Waals surface area contributed by atoms with Gasteiger partial charge in [0.1, 0.15) is 11.2 Å². The molecular formula is C54H36N2O. The van der Waals surface area contributed by atoms with E-state index in [0.29, 0.717) is 0 Å². The van der Waals surface area contributed by atoms with Crippen LogP contribution in [0.2, 0.25) is 0 Å². The van der Waals surface area contributed by atoms with Gasteiger partial charge in [0.05, 0.1) is 28.1 Å². The molecule has 0 N–H and O–H groups in total. The highest BCUT2D eigenvalue weighted by Gasteiger charge is 2.25. The molecule has 0 bridgehead atoms. The first kappa shape index (κ1) is 32.8. The zero-order valence-electron chi connectivity index (χ0n) is 31.1. The number of benzene rings is 9. The third-order valence-electron chi connectivity index (χ3n) is 11.2. The van der Waals surface area contributed by atoms with Crippen molar-refractivity contribution in [3.05, 3.63) is 218 Å². The maximum atomic E-state index is 6.65. The topological polar surface area (TPSA) is 21.3 Å². The lowest BCUT2D eigenvalue weighted by molar-refractivity contribution is 0.670. The Labute approximate surface area is 330 Å². The van der Waals surface area contributed by atoms with Crippen LogP contribution in [0.1, 0.15) is 0 Å². The van der Waals surface area contributed by atoms with Crippen LogP contribution in [0.4, 0.5) is 17.1 Å². The van der Waals surface area contributed by atoms with Crippen molar-refractivity contribution in [3.8, 4) is 39.1 Å².